The van der Waals surface area contributed by atoms with Gasteiger partial charge in [-0.15, -0.1) is 0 Å². The molecule has 3 atom stereocenters. The SMILES string of the molecule is CCC(CC1CCCN1C)NCC(=O)N1CCN(C(=O)c2cc(C)cc(C)c2)C[C@H]1c1ccc(Cl)c(Cl)c1. The number of rotatable bonds is 8. The average Bonchev–Trinajstić information content (AvgIpc) is 3.30. The molecule has 2 saturated heterocycles. The van der Waals surface area contributed by atoms with Gasteiger partial charge in [-0.3, -0.25) is 9.59 Å². The van der Waals surface area contributed by atoms with Gasteiger partial charge in [-0.25, -0.2) is 0 Å². The van der Waals surface area contributed by atoms with Gasteiger partial charge in [0, 0.05) is 37.3 Å². The van der Waals surface area contributed by atoms with Crippen molar-refractivity contribution in [2.45, 2.75) is 64.6 Å². The molecular weight excluding hydrogens is 519 g/mol. The molecule has 2 amide bonds. The highest BCUT2D eigenvalue weighted by Gasteiger charge is 2.34. The van der Waals surface area contributed by atoms with E-state index in [1.165, 1.54) is 12.8 Å². The normalized spacial score (nSPS) is 21.1. The Morgan fingerprint density at radius 2 is 1.76 bits per heavy atom. The van der Waals surface area contributed by atoms with Gasteiger partial charge in [0.1, 0.15) is 0 Å². The van der Waals surface area contributed by atoms with Crippen LogP contribution < -0.4 is 5.32 Å². The van der Waals surface area contributed by atoms with Crippen molar-refractivity contribution in [3.63, 3.8) is 0 Å². The van der Waals surface area contributed by atoms with Gasteiger partial charge < -0.3 is 20.0 Å². The van der Waals surface area contributed by atoms with Crippen molar-refractivity contribution in [2.24, 2.45) is 0 Å². The van der Waals surface area contributed by atoms with Crippen LogP contribution in [-0.2, 0) is 4.79 Å². The minimum Gasteiger partial charge on any atom is -0.334 e. The van der Waals surface area contributed by atoms with E-state index in [0.717, 1.165) is 36.1 Å². The van der Waals surface area contributed by atoms with Crippen LogP contribution in [0.4, 0.5) is 0 Å². The second-order valence-corrected chi connectivity index (χ2v) is 11.7. The second kappa shape index (κ2) is 12.8. The molecule has 0 aliphatic carbocycles. The Labute approximate surface area is 237 Å². The molecule has 0 radical (unpaired) electrons. The van der Waals surface area contributed by atoms with Crippen LogP contribution in [0, 0.1) is 13.8 Å². The first kappa shape index (κ1) is 28.9. The molecule has 2 aliphatic rings. The van der Waals surface area contributed by atoms with Crippen LogP contribution in [0.3, 0.4) is 0 Å². The van der Waals surface area contributed by atoms with Crippen molar-refractivity contribution in [1.29, 1.82) is 0 Å². The first-order valence-electron chi connectivity index (χ1n) is 13.7. The zero-order chi connectivity index (χ0) is 27.4. The maximum atomic E-state index is 13.6. The molecule has 38 heavy (non-hydrogen) atoms. The number of nitrogens with zero attached hydrogens (tertiary/aromatic N) is 3. The number of likely N-dealkylation sites (tertiary alicyclic amines) is 1. The van der Waals surface area contributed by atoms with Crippen LogP contribution >= 0.6 is 23.2 Å². The first-order chi connectivity index (χ1) is 18.2. The first-order valence-corrected chi connectivity index (χ1v) is 14.5. The summed E-state index contributed by atoms with van der Waals surface area (Å²) in [5.41, 5.74) is 3.68. The number of benzene rings is 2. The molecule has 0 bridgehead atoms. The molecule has 4 rings (SSSR count). The molecule has 8 heteroatoms. The van der Waals surface area contributed by atoms with Gasteiger partial charge >= 0.3 is 0 Å². The fourth-order valence-electron chi connectivity index (χ4n) is 5.88. The topological polar surface area (TPSA) is 55.9 Å². The van der Waals surface area contributed by atoms with Gasteiger partial charge in [-0.1, -0.05) is 53.4 Å². The molecule has 6 nitrogen and oxygen atoms in total. The number of hydrogen-bond acceptors (Lipinski definition) is 4. The van der Waals surface area contributed by atoms with Crippen molar-refractivity contribution in [3.8, 4) is 0 Å². The van der Waals surface area contributed by atoms with Gasteiger partial charge in [0.25, 0.3) is 5.91 Å². The Morgan fingerprint density at radius 3 is 2.39 bits per heavy atom. The Morgan fingerprint density at radius 1 is 1.03 bits per heavy atom. The lowest BCUT2D eigenvalue weighted by molar-refractivity contribution is -0.135. The largest absolute Gasteiger partial charge is 0.334 e. The lowest BCUT2D eigenvalue weighted by atomic mass is 10.00. The fourth-order valence-corrected chi connectivity index (χ4v) is 6.19. The third-order valence-corrected chi connectivity index (χ3v) is 8.79. The number of hydrogen-bond donors (Lipinski definition) is 1. The second-order valence-electron chi connectivity index (χ2n) is 10.9. The summed E-state index contributed by atoms with van der Waals surface area (Å²) in [6, 6.07) is 12.0. The summed E-state index contributed by atoms with van der Waals surface area (Å²) in [6.45, 7) is 8.95. The molecule has 0 aromatic heterocycles. The molecule has 2 aliphatic heterocycles. The van der Waals surface area contributed by atoms with Gasteiger partial charge in [0.2, 0.25) is 5.91 Å². The summed E-state index contributed by atoms with van der Waals surface area (Å²) < 4.78 is 0. The van der Waals surface area contributed by atoms with E-state index in [1.807, 2.05) is 47.9 Å². The highest BCUT2D eigenvalue weighted by atomic mass is 35.5. The quantitative estimate of drug-likeness (QED) is 0.465. The van der Waals surface area contributed by atoms with Gasteiger partial charge in [0.15, 0.2) is 0 Å². The summed E-state index contributed by atoms with van der Waals surface area (Å²) >= 11 is 12.6. The van der Waals surface area contributed by atoms with Crippen LogP contribution in [0.2, 0.25) is 10.0 Å². The molecule has 2 heterocycles. The van der Waals surface area contributed by atoms with Gasteiger partial charge in [-0.05, 0) is 83.0 Å². The summed E-state index contributed by atoms with van der Waals surface area (Å²) in [7, 11) is 2.19. The van der Waals surface area contributed by atoms with E-state index in [9.17, 15) is 9.59 Å². The number of aryl methyl sites for hydroxylation is 2. The summed E-state index contributed by atoms with van der Waals surface area (Å²) in [5.74, 6) is 0.0246. The minimum atomic E-state index is -0.302. The zero-order valence-corrected chi connectivity index (χ0v) is 24.5. The summed E-state index contributed by atoms with van der Waals surface area (Å²) in [5, 5.41) is 4.45. The lowest BCUT2D eigenvalue weighted by Crippen LogP contribution is -2.54. The number of nitrogens with one attached hydrogen (secondary N) is 1. The third kappa shape index (κ3) is 6.90. The Kier molecular flexibility index (Phi) is 9.74. The monoisotopic (exact) mass is 558 g/mol. The number of halogens is 2. The Hall–Kier alpha value is -2.12. The molecule has 1 N–H and O–H groups in total. The Balaban J connectivity index is 1.49. The van der Waals surface area contributed by atoms with Crippen molar-refractivity contribution < 1.29 is 9.59 Å². The number of amides is 2. The van der Waals surface area contributed by atoms with E-state index >= 15 is 0 Å². The van der Waals surface area contributed by atoms with Crippen LogP contribution in [-0.4, -0.2) is 78.4 Å². The Bertz CT molecular complexity index is 1140. The highest BCUT2D eigenvalue weighted by Crippen LogP contribution is 2.31. The smallest absolute Gasteiger partial charge is 0.254 e. The predicted octanol–water partition coefficient (Wildman–Crippen LogP) is 5.49. The lowest BCUT2D eigenvalue weighted by Gasteiger charge is -2.42. The van der Waals surface area contributed by atoms with Crippen LogP contribution in [0.1, 0.15) is 65.7 Å². The molecular formula is C30H40Cl2N4O2. The van der Waals surface area contributed by atoms with E-state index in [-0.39, 0.29) is 24.4 Å². The standard InChI is InChI=1S/C30H40Cl2N4O2/c1-5-24(17-25-7-6-10-34(25)4)33-18-29(37)36-12-11-35(30(38)23-14-20(2)13-21(3)15-23)19-28(36)22-8-9-26(31)27(32)16-22/h8-9,13-16,24-25,28,33H,5-7,10-12,17-19H2,1-4H3/t24?,25?,28-/m0/s1. The van der Waals surface area contributed by atoms with Crippen LogP contribution in [0.25, 0.3) is 0 Å². The molecule has 2 unspecified atom stereocenters. The molecule has 206 valence electrons. The van der Waals surface area contributed by atoms with Crippen molar-refractivity contribution in [3.05, 3.63) is 68.7 Å². The molecule has 2 aromatic rings. The van der Waals surface area contributed by atoms with E-state index in [0.29, 0.717) is 47.3 Å². The number of piperazine rings is 1. The van der Waals surface area contributed by atoms with E-state index in [2.05, 4.69) is 30.3 Å². The summed E-state index contributed by atoms with van der Waals surface area (Å²) in [6.07, 6.45) is 4.49. The van der Waals surface area contributed by atoms with Gasteiger partial charge in [-0.2, -0.15) is 0 Å². The molecule has 0 spiro atoms. The van der Waals surface area contributed by atoms with E-state index in [4.69, 9.17) is 23.2 Å². The molecule has 2 aromatic carbocycles. The van der Waals surface area contributed by atoms with Crippen LogP contribution in [0.15, 0.2) is 36.4 Å². The van der Waals surface area contributed by atoms with Crippen molar-refractivity contribution in [1.82, 2.24) is 20.0 Å². The number of carbonyl (C=O) groups is 2. The van der Waals surface area contributed by atoms with E-state index < -0.39 is 0 Å². The fraction of sp³-hybridized carbons (Fsp3) is 0.533. The van der Waals surface area contributed by atoms with E-state index in [1.54, 1.807) is 6.07 Å². The zero-order valence-electron chi connectivity index (χ0n) is 23.0. The predicted molar refractivity (Wildman–Crippen MR) is 155 cm³/mol. The summed E-state index contributed by atoms with van der Waals surface area (Å²) in [4.78, 5) is 33.2. The highest BCUT2D eigenvalue weighted by molar-refractivity contribution is 6.42. The average molecular weight is 560 g/mol. The van der Waals surface area contributed by atoms with Crippen molar-refractivity contribution in [2.75, 3.05) is 39.8 Å². The third-order valence-electron chi connectivity index (χ3n) is 8.05. The van der Waals surface area contributed by atoms with Crippen LogP contribution in [0.5, 0.6) is 0 Å². The van der Waals surface area contributed by atoms with Crippen molar-refractivity contribution >= 4 is 35.0 Å². The van der Waals surface area contributed by atoms with Gasteiger partial charge in [0.05, 0.1) is 22.6 Å². The molecule has 0 saturated carbocycles. The molecule has 2 fully saturated rings. The number of carbonyl (C=O) groups excluding carboxylic acids is 2. The maximum absolute atomic E-state index is 13.6. The maximum Gasteiger partial charge on any atom is 0.254 e. The minimum absolute atomic E-state index is 0.0150.